The van der Waals surface area contributed by atoms with Crippen LogP contribution in [0.25, 0.3) is 39.5 Å². The predicted octanol–water partition coefficient (Wildman–Crippen LogP) is 4.43. The Balaban J connectivity index is 1.83. The van der Waals surface area contributed by atoms with Gasteiger partial charge in [-0.3, -0.25) is 9.10 Å². The van der Waals surface area contributed by atoms with Gasteiger partial charge in [0.25, 0.3) is 11.8 Å². The van der Waals surface area contributed by atoms with E-state index in [1.54, 1.807) is 25.1 Å². The molecule has 0 spiro atoms. The van der Waals surface area contributed by atoms with Crippen molar-refractivity contribution in [3.05, 3.63) is 47.5 Å². The summed E-state index contributed by atoms with van der Waals surface area (Å²) < 4.78 is 44.1. The zero-order chi connectivity index (χ0) is 28.1. The minimum atomic E-state index is -3.67. The molecule has 0 saturated carbocycles. The Bertz CT molecular complexity index is 1740. The number of benzene rings is 1. The van der Waals surface area contributed by atoms with Crippen molar-refractivity contribution in [2.75, 3.05) is 31.3 Å². The van der Waals surface area contributed by atoms with Gasteiger partial charge in [0.15, 0.2) is 0 Å². The molecule has 0 fully saturated rings. The molecular weight excluding hydrogens is 522 g/mol. The molecule has 4 aromatic rings. The van der Waals surface area contributed by atoms with Crippen LogP contribution in [-0.2, 0) is 10.0 Å². The van der Waals surface area contributed by atoms with Crippen LogP contribution in [-0.4, -0.2) is 56.5 Å². The SMILES string of the molecule is CC=C1c2nc(-c3cc4c(C(=O)NC)c(-c5nnc(C)o5)oc4cc3N(C)S(C)(=O)=O)ccc2OCCC1C. The van der Waals surface area contributed by atoms with Gasteiger partial charge in [0.2, 0.25) is 21.7 Å². The largest absolute Gasteiger partial charge is 0.491 e. The number of hydrogen-bond donors (Lipinski definition) is 1. The molecule has 1 aromatic carbocycles. The number of furan rings is 1. The molecule has 5 rings (SSSR count). The van der Waals surface area contributed by atoms with Crippen molar-refractivity contribution < 1.29 is 26.8 Å². The quantitative estimate of drug-likeness (QED) is 0.381. The lowest BCUT2D eigenvalue weighted by Crippen LogP contribution is -2.25. The molecule has 3 aromatic heterocycles. The van der Waals surface area contributed by atoms with Crippen LogP contribution in [0.4, 0.5) is 5.69 Å². The first-order valence-corrected chi connectivity index (χ1v) is 14.3. The van der Waals surface area contributed by atoms with Gasteiger partial charge in [0, 0.05) is 38.0 Å². The number of carbonyl (C=O) groups excluding carboxylic acids is 1. The summed E-state index contributed by atoms with van der Waals surface area (Å²) in [5, 5.41) is 10.9. The molecule has 204 valence electrons. The number of sulfonamides is 1. The molecule has 1 amide bonds. The monoisotopic (exact) mass is 551 g/mol. The molecule has 0 radical (unpaired) electrons. The van der Waals surface area contributed by atoms with Crippen LogP contribution in [0.1, 0.15) is 42.2 Å². The molecule has 1 atom stereocenters. The fourth-order valence-electron chi connectivity index (χ4n) is 4.74. The van der Waals surface area contributed by atoms with Crippen LogP contribution >= 0.6 is 0 Å². The first-order valence-electron chi connectivity index (χ1n) is 12.4. The van der Waals surface area contributed by atoms with Crippen LogP contribution in [0.5, 0.6) is 5.75 Å². The third-order valence-corrected chi connectivity index (χ3v) is 8.07. The third-order valence-electron chi connectivity index (χ3n) is 6.88. The maximum absolute atomic E-state index is 13.1. The van der Waals surface area contributed by atoms with Crippen LogP contribution in [0.15, 0.2) is 39.2 Å². The van der Waals surface area contributed by atoms with Crippen molar-refractivity contribution >= 4 is 38.2 Å². The second kappa shape index (κ2) is 9.84. The summed E-state index contributed by atoms with van der Waals surface area (Å²) >= 11 is 0. The smallest absolute Gasteiger partial charge is 0.284 e. The number of aromatic nitrogens is 3. The number of pyridine rings is 1. The second-order valence-electron chi connectivity index (χ2n) is 9.43. The number of ether oxygens (including phenoxy) is 1. The number of aryl methyl sites for hydroxylation is 1. The molecule has 12 heteroatoms. The van der Waals surface area contributed by atoms with Gasteiger partial charge in [-0.25, -0.2) is 13.4 Å². The zero-order valence-corrected chi connectivity index (χ0v) is 23.3. The van der Waals surface area contributed by atoms with Gasteiger partial charge in [-0.05, 0) is 43.0 Å². The van der Waals surface area contributed by atoms with Crippen molar-refractivity contribution in [2.45, 2.75) is 27.2 Å². The average Bonchev–Trinajstić information content (AvgIpc) is 3.46. The lowest BCUT2D eigenvalue weighted by atomic mass is 9.94. The lowest BCUT2D eigenvalue weighted by Gasteiger charge is -2.21. The normalized spacial score (nSPS) is 16.6. The Hall–Kier alpha value is -4.19. The van der Waals surface area contributed by atoms with E-state index in [1.807, 2.05) is 19.1 Å². The molecule has 11 nitrogen and oxygen atoms in total. The van der Waals surface area contributed by atoms with Crippen molar-refractivity contribution in [1.82, 2.24) is 20.5 Å². The Labute approximate surface area is 225 Å². The van der Waals surface area contributed by atoms with Gasteiger partial charge in [-0.2, -0.15) is 0 Å². The molecule has 0 saturated heterocycles. The van der Waals surface area contributed by atoms with Crippen LogP contribution in [0.2, 0.25) is 0 Å². The Morgan fingerprint density at radius 2 is 1.97 bits per heavy atom. The highest BCUT2D eigenvalue weighted by Crippen LogP contribution is 2.42. The Kier molecular flexibility index (Phi) is 6.67. The molecule has 1 unspecified atom stereocenters. The number of nitrogens with zero attached hydrogens (tertiary/aromatic N) is 4. The summed E-state index contributed by atoms with van der Waals surface area (Å²) in [6.07, 6.45) is 3.99. The number of fused-ring (bicyclic) bond motifs is 2. The fourth-order valence-corrected chi connectivity index (χ4v) is 5.25. The van der Waals surface area contributed by atoms with E-state index in [0.29, 0.717) is 46.3 Å². The highest BCUT2D eigenvalue weighted by molar-refractivity contribution is 7.92. The lowest BCUT2D eigenvalue weighted by molar-refractivity contribution is 0.0964. The van der Waals surface area contributed by atoms with Gasteiger partial charge in [-0.1, -0.05) is 13.0 Å². The number of amides is 1. The van der Waals surface area contributed by atoms with E-state index in [9.17, 15) is 13.2 Å². The van der Waals surface area contributed by atoms with Crippen molar-refractivity contribution in [2.24, 2.45) is 5.92 Å². The average molecular weight is 552 g/mol. The van der Waals surface area contributed by atoms with Crippen molar-refractivity contribution in [3.8, 4) is 28.7 Å². The van der Waals surface area contributed by atoms with E-state index in [0.717, 1.165) is 22.6 Å². The summed E-state index contributed by atoms with van der Waals surface area (Å²) in [6, 6.07) is 6.91. The standard InChI is InChI=1S/C27H29N5O6S/c1-7-16-14(2)10-11-36-21-9-8-19(29-24(16)21)17-12-18-22(13-20(17)32(5)39(6,34)35)38-25(23(18)26(33)28-4)27-31-30-15(3)37-27/h7-9,12-14H,10-11H2,1-6H3,(H,28,33). The molecule has 0 aliphatic carbocycles. The number of carbonyl (C=O) groups is 1. The van der Waals surface area contributed by atoms with Crippen LogP contribution in [0.3, 0.4) is 0 Å². The number of anilines is 1. The van der Waals surface area contributed by atoms with Crippen molar-refractivity contribution in [3.63, 3.8) is 0 Å². The summed E-state index contributed by atoms with van der Waals surface area (Å²) in [4.78, 5) is 18.0. The molecule has 0 bridgehead atoms. The van der Waals surface area contributed by atoms with Gasteiger partial charge in [0.1, 0.15) is 17.0 Å². The highest BCUT2D eigenvalue weighted by atomic mass is 32.2. The number of allylic oxidation sites excluding steroid dienone is 2. The first-order chi connectivity index (χ1) is 18.5. The molecule has 4 heterocycles. The second-order valence-corrected chi connectivity index (χ2v) is 11.4. The van der Waals surface area contributed by atoms with Crippen LogP contribution < -0.4 is 14.4 Å². The topological polar surface area (TPSA) is 141 Å². The number of nitrogens with one attached hydrogen (secondary N) is 1. The zero-order valence-electron chi connectivity index (χ0n) is 22.5. The summed E-state index contributed by atoms with van der Waals surface area (Å²) in [7, 11) is -0.708. The molecule has 39 heavy (non-hydrogen) atoms. The van der Waals surface area contributed by atoms with E-state index < -0.39 is 15.9 Å². The summed E-state index contributed by atoms with van der Waals surface area (Å²) in [5.74, 6) is 0.893. The third kappa shape index (κ3) is 4.65. The van der Waals surface area contributed by atoms with Gasteiger partial charge < -0.3 is 18.9 Å². The Morgan fingerprint density at radius 1 is 1.21 bits per heavy atom. The van der Waals surface area contributed by atoms with E-state index in [-0.39, 0.29) is 28.7 Å². The maximum atomic E-state index is 13.1. The van der Waals surface area contributed by atoms with Crippen molar-refractivity contribution in [1.29, 1.82) is 0 Å². The first kappa shape index (κ1) is 26.4. The van der Waals surface area contributed by atoms with E-state index in [2.05, 4.69) is 22.4 Å². The predicted molar refractivity (Wildman–Crippen MR) is 147 cm³/mol. The van der Waals surface area contributed by atoms with Gasteiger partial charge >= 0.3 is 0 Å². The van der Waals surface area contributed by atoms with Gasteiger partial charge in [-0.15, -0.1) is 10.2 Å². The maximum Gasteiger partial charge on any atom is 0.284 e. The van der Waals surface area contributed by atoms with E-state index in [4.69, 9.17) is 18.6 Å². The highest BCUT2D eigenvalue weighted by Gasteiger charge is 2.29. The Morgan fingerprint density at radius 3 is 2.62 bits per heavy atom. The minimum Gasteiger partial charge on any atom is -0.491 e. The molecule has 1 aliphatic rings. The molecular formula is C27H29N5O6S. The molecule has 1 aliphatic heterocycles. The number of rotatable bonds is 5. The van der Waals surface area contributed by atoms with Crippen LogP contribution in [0, 0.1) is 12.8 Å². The van der Waals surface area contributed by atoms with E-state index in [1.165, 1.54) is 14.1 Å². The minimum absolute atomic E-state index is 0.0360. The van der Waals surface area contributed by atoms with Gasteiger partial charge in [0.05, 0.1) is 29.8 Å². The molecule has 1 N–H and O–H groups in total. The van der Waals surface area contributed by atoms with E-state index >= 15 is 0 Å². The summed E-state index contributed by atoms with van der Waals surface area (Å²) in [6.45, 7) is 6.29. The summed E-state index contributed by atoms with van der Waals surface area (Å²) in [5.41, 5.74) is 3.54. The number of hydrogen-bond acceptors (Lipinski definition) is 9. The fraction of sp³-hybridized carbons (Fsp3) is 0.333.